The van der Waals surface area contributed by atoms with Crippen molar-refractivity contribution in [1.82, 2.24) is 19.5 Å². The van der Waals surface area contributed by atoms with Crippen LogP contribution >= 0.6 is 0 Å². The molecule has 1 aliphatic rings. The van der Waals surface area contributed by atoms with Gasteiger partial charge in [0.25, 0.3) is 0 Å². The van der Waals surface area contributed by atoms with Gasteiger partial charge in [-0.15, -0.1) is 0 Å². The molecule has 0 saturated carbocycles. The van der Waals surface area contributed by atoms with Crippen LogP contribution in [0.4, 0.5) is 0 Å². The number of aromatic nitrogens is 4. The molecule has 23 heavy (non-hydrogen) atoms. The van der Waals surface area contributed by atoms with Crippen molar-refractivity contribution in [3.05, 3.63) is 41.0 Å². The highest BCUT2D eigenvalue weighted by molar-refractivity contribution is 5.84. The first-order chi connectivity index (χ1) is 11.2. The van der Waals surface area contributed by atoms with Gasteiger partial charge in [0.1, 0.15) is 11.6 Å². The molecule has 0 amide bonds. The fourth-order valence-electron chi connectivity index (χ4n) is 3.48. The number of allylic oxidation sites excluding steroid dienone is 1. The van der Waals surface area contributed by atoms with E-state index in [0.29, 0.717) is 0 Å². The van der Waals surface area contributed by atoms with Gasteiger partial charge in [-0.05, 0) is 50.0 Å². The van der Waals surface area contributed by atoms with E-state index in [9.17, 15) is 0 Å². The van der Waals surface area contributed by atoms with Gasteiger partial charge in [0.15, 0.2) is 0 Å². The molecule has 0 radical (unpaired) electrons. The van der Waals surface area contributed by atoms with Crippen molar-refractivity contribution in [1.29, 1.82) is 0 Å². The minimum absolute atomic E-state index is 0. The molecule has 0 unspecified atom stereocenters. The number of rotatable bonds is 3. The van der Waals surface area contributed by atoms with Gasteiger partial charge in [0.05, 0.1) is 16.7 Å². The number of benzene rings is 1. The molecule has 2 aromatic heterocycles. The number of hydrogen-bond acceptors (Lipinski definition) is 2. The first-order valence-corrected chi connectivity index (χ1v) is 8.39. The first kappa shape index (κ1) is 14.2. The standard InChI is InChI=1S/C19H22N4.H2/c1-4-7-17-20-15-11-13(10-12(2)18(15)22-17)19-21-14-8-5-6-9-16(14)23(19)3;/h5,8,10-11H,4,6-7,9H2,1-3H3,(H,20,22);1H. The summed E-state index contributed by atoms with van der Waals surface area (Å²) < 4.78 is 2.24. The summed E-state index contributed by atoms with van der Waals surface area (Å²) in [6.07, 6.45) is 8.62. The highest BCUT2D eigenvalue weighted by Crippen LogP contribution is 2.29. The quantitative estimate of drug-likeness (QED) is 0.778. The minimum Gasteiger partial charge on any atom is -0.342 e. The molecule has 120 valence electrons. The van der Waals surface area contributed by atoms with Gasteiger partial charge in [-0.2, -0.15) is 0 Å². The third kappa shape index (κ3) is 2.29. The molecule has 0 aliphatic heterocycles. The van der Waals surface area contributed by atoms with Crippen LogP contribution in [-0.2, 0) is 19.9 Å². The molecule has 2 heterocycles. The van der Waals surface area contributed by atoms with Crippen LogP contribution in [0.2, 0.25) is 0 Å². The Hall–Kier alpha value is -2.36. The lowest BCUT2D eigenvalue weighted by Gasteiger charge is -2.08. The molecule has 4 heteroatoms. The number of nitrogens with zero attached hydrogens (tertiary/aromatic N) is 3. The maximum atomic E-state index is 4.85. The summed E-state index contributed by atoms with van der Waals surface area (Å²) in [6, 6.07) is 4.39. The second-order valence-corrected chi connectivity index (χ2v) is 6.39. The van der Waals surface area contributed by atoms with Crippen LogP contribution in [0.25, 0.3) is 28.5 Å². The Labute approximate surface area is 137 Å². The van der Waals surface area contributed by atoms with E-state index < -0.39 is 0 Å². The molecule has 3 aromatic rings. The second kappa shape index (κ2) is 5.37. The molecule has 4 nitrogen and oxygen atoms in total. The Kier molecular flexibility index (Phi) is 3.33. The fourth-order valence-corrected chi connectivity index (χ4v) is 3.48. The van der Waals surface area contributed by atoms with Crippen molar-refractivity contribution in [3.8, 4) is 11.4 Å². The number of imidazole rings is 2. The SMILES string of the molecule is CCCc1nc2c(C)cc(-c3nc4c(n3C)CCC=C4)cc2[nH]1.[HH]. The number of nitrogens with one attached hydrogen (secondary N) is 1. The van der Waals surface area contributed by atoms with Crippen LogP contribution in [0.15, 0.2) is 18.2 Å². The lowest BCUT2D eigenvalue weighted by atomic mass is 10.1. The minimum atomic E-state index is 0. The van der Waals surface area contributed by atoms with Gasteiger partial charge in [0, 0.05) is 26.2 Å². The summed E-state index contributed by atoms with van der Waals surface area (Å²) in [6.45, 7) is 4.31. The maximum absolute atomic E-state index is 4.85. The van der Waals surface area contributed by atoms with E-state index in [4.69, 9.17) is 9.97 Å². The summed E-state index contributed by atoms with van der Waals surface area (Å²) in [4.78, 5) is 13.1. The Morgan fingerprint density at radius 2 is 2.17 bits per heavy atom. The van der Waals surface area contributed by atoms with Crippen molar-refractivity contribution in [2.45, 2.75) is 39.5 Å². The smallest absolute Gasteiger partial charge is 0.140 e. The monoisotopic (exact) mass is 308 g/mol. The Bertz CT molecular complexity index is 917. The van der Waals surface area contributed by atoms with E-state index in [1.165, 1.54) is 11.3 Å². The van der Waals surface area contributed by atoms with Gasteiger partial charge < -0.3 is 9.55 Å². The largest absolute Gasteiger partial charge is 0.342 e. The van der Waals surface area contributed by atoms with Crippen LogP contribution in [0.3, 0.4) is 0 Å². The molecule has 1 aliphatic carbocycles. The second-order valence-electron chi connectivity index (χ2n) is 6.39. The number of H-pyrrole nitrogens is 1. The molecular weight excluding hydrogens is 284 g/mol. The Morgan fingerprint density at radius 1 is 1.30 bits per heavy atom. The molecule has 0 fully saturated rings. The highest BCUT2D eigenvalue weighted by Gasteiger charge is 2.17. The van der Waals surface area contributed by atoms with E-state index in [1.54, 1.807) is 0 Å². The Balaban J connectivity index is 0.00000169. The van der Waals surface area contributed by atoms with Crippen molar-refractivity contribution in [2.24, 2.45) is 7.05 Å². The van der Waals surface area contributed by atoms with E-state index in [0.717, 1.165) is 59.6 Å². The summed E-state index contributed by atoms with van der Waals surface area (Å²) >= 11 is 0. The van der Waals surface area contributed by atoms with E-state index in [2.05, 4.69) is 54.7 Å². The van der Waals surface area contributed by atoms with Crippen molar-refractivity contribution in [2.75, 3.05) is 0 Å². The molecule has 0 bridgehead atoms. The molecule has 1 aromatic carbocycles. The number of hydrogen-bond donors (Lipinski definition) is 1. The van der Waals surface area contributed by atoms with Gasteiger partial charge >= 0.3 is 0 Å². The predicted molar refractivity (Wildman–Crippen MR) is 96.5 cm³/mol. The zero-order chi connectivity index (χ0) is 16.0. The molecule has 4 rings (SSSR count). The molecule has 0 spiro atoms. The average Bonchev–Trinajstić information content (AvgIpc) is 3.10. The number of fused-ring (bicyclic) bond motifs is 2. The topological polar surface area (TPSA) is 46.5 Å². The molecule has 0 saturated heterocycles. The van der Waals surface area contributed by atoms with Crippen LogP contribution < -0.4 is 0 Å². The van der Waals surface area contributed by atoms with Gasteiger partial charge in [-0.3, -0.25) is 0 Å². The van der Waals surface area contributed by atoms with Crippen molar-refractivity contribution < 1.29 is 1.43 Å². The van der Waals surface area contributed by atoms with Crippen molar-refractivity contribution in [3.63, 3.8) is 0 Å². The number of aryl methyl sites for hydroxylation is 2. The van der Waals surface area contributed by atoms with Gasteiger partial charge in [-0.1, -0.05) is 13.0 Å². The third-order valence-corrected chi connectivity index (χ3v) is 4.64. The predicted octanol–water partition coefficient (Wildman–Crippen LogP) is 4.43. The molecular formula is C19H24N4. The summed E-state index contributed by atoms with van der Waals surface area (Å²) in [5.74, 6) is 2.11. The van der Waals surface area contributed by atoms with E-state index >= 15 is 0 Å². The third-order valence-electron chi connectivity index (χ3n) is 4.64. The van der Waals surface area contributed by atoms with Crippen LogP contribution in [0, 0.1) is 6.92 Å². The van der Waals surface area contributed by atoms with Crippen LogP contribution in [-0.4, -0.2) is 19.5 Å². The van der Waals surface area contributed by atoms with Crippen molar-refractivity contribution >= 4 is 17.1 Å². The average molecular weight is 308 g/mol. The van der Waals surface area contributed by atoms with Crippen LogP contribution in [0.1, 0.15) is 44.0 Å². The van der Waals surface area contributed by atoms with E-state index in [-0.39, 0.29) is 1.43 Å². The lowest BCUT2D eigenvalue weighted by Crippen LogP contribution is -2.01. The highest BCUT2D eigenvalue weighted by atomic mass is 15.1. The fraction of sp³-hybridized carbons (Fsp3) is 0.368. The Morgan fingerprint density at radius 3 is 2.96 bits per heavy atom. The lowest BCUT2D eigenvalue weighted by molar-refractivity contribution is 0.808. The molecule has 1 N–H and O–H groups in total. The number of aromatic amines is 1. The summed E-state index contributed by atoms with van der Waals surface area (Å²) in [5.41, 5.74) is 7.00. The summed E-state index contributed by atoms with van der Waals surface area (Å²) in [7, 11) is 2.12. The molecule has 0 atom stereocenters. The van der Waals surface area contributed by atoms with E-state index in [1.807, 2.05) is 0 Å². The van der Waals surface area contributed by atoms with Gasteiger partial charge in [-0.25, -0.2) is 9.97 Å². The maximum Gasteiger partial charge on any atom is 0.140 e. The van der Waals surface area contributed by atoms with Crippen LogP contribution in [0.5, 0.6) is 0 Å². The normalized spacial score (nSPS) is 13.7. The first-order valence-electron chi connectivity index (χ1n) is 8.39. The summed E-state index contributed by atoms with van der Waals surface area (Å²) in [5, 5.41) is 0. The zero-order valence-electron chi connectivity index (χ0n) is 14.0. The van der Waals surface area contributed by atoms with Gasteiger partial charge in [0.2, 0.25) is 0 Å². The zero-order valence-corrected chi connectivity index (χ0v) is 14.0.